The molecule has 0 radical (unpaired) electrons. The van der Waals surface area contributed by atoms with Crippen molar-refractivity contribution in [2.45, 2.75) is 5.75 Å². The summed E-state index contributed by atoms with van der Waals surface area (Å²) in [7, 11) is -0.0473. The van der Waals surface area contributed by atoms with E-state index in [1.54, 1.807) is 43.3 Å². The van der Waals surface area contributed by atoms with Gasteiger partial charge in [0.2, 0.25) is 16.0 Å². The number of aromatic nitrogens is 3. The Kier molecular flexibility index (Phi) is 3.87. The third-order valence-electron chi connectivity index (χ3n) is 3.09. The molecule has 0 saturated heterocycles. The molecule has 0 aliphatic rings. The van der Waals surface area contributed by atoms with Gasteiger partial charge < -0.3 is 9.42 Å². The first-order valence-electron chi connectivity index (χ1n) is 6.78. The number of para-hydroxylation sites is 1. The van der Waals surface area contributed by atoms with Crippen LogP contribution >= 0.6 is 0 Å². The van der Waals surface area contributed by atoms with Gasteiger partial charge in [0.25, 0.3) is 0 Å². The Bertz CT molecular complexity index is 919. The Morgan fingerprint density at radius 1 is 1.17 bits per heavy atom. The Labute approximate surface area is 133 Å². The van der Waals surface area contributed by atoms with Gasteiger partial charge in [-0.3, -0.25) is 4.72 Å². The second-order valence-electron chi connectivity index (χ2n) is 5.15. The Morgan fingerprint density at radius 3 is 2.57 bits per heavy atom. The summed E-state index contributed by atoms with van der Waals surface area (Å²) >= 11 is 0. The average molecular weight is 333 g/mol. The molecule has 120 valence electrons. The van der Waals surface area contributed by atoms with E-state index in [2.05, 4.69) is 19.8 Å². The minimum Gasteiger partial charge on any atom is -0.356 e. The first kappa shape index (κ1) is 15.2. The number of benzene rings is 1. The lowest BCUT2D eigenvalue weighted by molar-refractivity contribution is 0.448. The van der Waals surface area contributed by atoms with Gasteiger partial charge >= 0.3 is 0 Å². The van der Waals surface area contributed by atoms with Crippen molar-refractivity contribution < 1.29 is 12.9 Å². The maximum absolute atomic E-state index is 12.3. The van der Waals surface area contributed by atoms with E-state index >= 15 is 0 Å². The highest BCUT2D eigenvalue weighted by atomic mass is 32.2. The molecule has 1 aromatic carbocycles. The summed E-state index contributed by atoms with van der Waals surface area (Å²) in [5.41, 5.74) is 1.21. The number of fused-ring (bicyclic) bond motifs is 1. The van der Waals surface area contributed by atoms with Crippen LogP contribution in [-0.2, 0) is 15.8 Å². The van der Waals surface area contributed by atoms with E-state index < -0.39 is 10.0 Å². The van der Waals surface area contributed by atoms with Crippen molar-refractivity contribution in [1.82, 2.24) is 15.1 Å². The second kappa shape index (κ2) is 5.84. The zero-order valence-corrected chi connectivity index (χ0v) is 13.4. The third-order valence-corrected chi connectivity index (χ3v) is 4.29. The molecule has 0 unspecified atom stereocenters. The van der Waals surface area contributed by atoms with Gasteiger partial charge in [-0.25, -0.2) is 18.4 Å². The Hall–Kier alpha value is -2.68. The van der Waals surface area contributed by atoms with Gasteiger partial charge in [0.15, 0.2) is 5.58 Å². The van der Waals surface area contributed by atoms with Gasteiger partial charge in [-0.15, -0.1) is 0 Å². The van der Waals surface area contributed by atoms with Gasteiger partial charge in [-0.1, -0.05) is 17.3 Å². The van der Waals surface area contributed by atoms with E-state index in [9.17, 15) is 8.42 Å². The molecule has 0 fully saturated rings. The number of nitrogens with zero attached hydrogens (tertiary/aromatic N) is 4. The number of rotatable bonds is 5. The van der Waals surface area contributed by atoms with Crippen LogP contribution < -0.4 is 9.62 Å². The number of hydrogen-bond donors (Lipinski definition) is 1. The molecule has 23 heavy (non-hydrogen) atoms. The lowest BCUT2D eigenvalue weighted by Gasteiger charge is -2.10. The highest BCUT2D eigenvalue weighted by Crippen LogP contribution is 2.20. The average Bonchev–Trinajstić information content (AvgIpc) is 2.90. The van der Waals surface area contributed by atoms with Crippen LogP contribution in [0.5, 0.6) is 0 Å². The number of anilines is 2. The molecule has 2 aromatic heterocycles. The molecule has 0 aliphatic carbocycles. The Morgan fingerprint density at radius 2 is 1.87 bits per heavy atom. The largest absolute Gasteiger partial charge is 0.356 e. The van der Waals surface area contributed by atoms with Crippen molar-refractivity contribution in [3.8, 4) is 0 Å². The van der Waals surface area contributed by atoms with E-state index in [0.29, 0.717) is 28.3 Å². The van der Waals surface area contributed by atoms with Crippen LogP contribution in [0.15, 0.2) is 41.2 Å². The van der Waals surface area contributed by atoms with Crippen molar-refractivity contribution in [3.63, 3.8) is 0 Å². The Balaban J connectivity index is 1.79. The molecule has 0 aliphatic heterocycles. The SMILES string of the molecule is CN(C)c1ncc(NS(=O)(=O)Cc2noc3ccccc23)cn1. The van der Waals surface area contributed by atoms with Gasteiger partial charge in [0, 0.05) is 19.5 Å². The summed E-state index contributed by atoms with van der Waals surface area (Å²) < 4.78 is 32.1. The summed E-state index contributed by atoms with van der Waals surface area (Å²) in [6, 6.07) is 7.11. The first-order valence-corrected chi connectivity index (χ1v) is 8.43. The van der Waals surface area contributed by atoms with Crippen molar-refractivity contribution in [3.05, 3.63) is 42.4 Å². The van der Waals surface area contributed by atoms with Crippen LogP contribution in [0.1, 0.15) is 5.69 Å². The summed E-state index contributed by atoms with van der Waals surface area (Å²) in [4.78, 5) is 9.85. The number of nitrogens with one attached hydrogen (secondary N) is 1. The molecule has 9 heteroatoms. The minimum atomic E-state index is -3.65. The van der Waals surface area contributed by atoms with Gasteiger partial charge in [0.1, 0.15) is 11.4 Å². The molecule has 3 aromatic rings. The predicted octanol–water partition coefficient (Wildman–Crippen LogP) is 1.63. The third kappa shape index (κ3) is 3.39. The fraction of sp³-hybridized carbons (Fsp3) is 0.214. The molecule has 0 spiro atoms. The van der Waals surface area contributed by atoms with E-state index in [4.69, 9.17) is 4.52 Å². The highest BCUT2D eigenvalue weighted by Gasteiger charge is 2.18. The molecule has 8 nitrogen and oxygen atoms in total. The molecule has 0 amide bonds. The van der Waals surface area contributed by atoms with Crippen LogP contribution in [0.3, 0.4) is 0 Å². The van der Waals surface area contributed by atoms with Gasteiger partial charge in [0.05, 0.1) is 18.1 Å². The number of hydrogen-bond acceptors (Lipinski definition) is 7. The molecule has 2 heterocycles. The molecule has 0 atom stereocenters. The molecule has 0 bridgehead atoms. The minimum absolute atomic E-state index is 0.292. The lowest BCUT2D eigenvalue weighted by atomic mass is 10.2. The molecule has 0 saturated carbocycles. The lowest BCUT2D eigenvalue weighted by Crippen LogP contribution is -2.17. The highest BCUT2D eigenvalue weighted by molar-refractivity contribution is 7.91. The summed E-state index contributed by atoms with van der Waals surface area (Å²) in [6.45, 7) is 0. The molecular formula is C14H15N5O3S. The summed E-state index contributed by atoms with van der Waals surface area (Å²) in [6.07, 6.45) is 2.83. The predicted molar refractivity (Wildman–Crippen MR) is 86.6 cm³/mol. The monoisotopic (exact) mass is 333 g/mol. The fourth-order valence-electron chi connectivity index (χ4n) is 2.04. The zero-order valence-electron chi connectivity index (χ0n) is 12.6. The van der Waals surface area contributed by atoms with Crippen molar-refractivity contribution in [2.24, 2.45) is 0 Å². The van der Waals surface area contributed by atoms with Gasteiger partial charge in [-0.05, 0) is 12.1 Å². The van der Waals surface area contributed by atoms with Crippen molar-refractivity contribution in [1.29, 1.82) is 0 Å². The smallest absolute Gasteiger partial charge is 0.238 e. The van der Waals surface area contributed by atoms with E-state index in [0.717, 1.165) is 0 Å². The molecule has 3 rings (SSSR count). The maximum atomic E-state index is 12.3. The first-order chi connectivity index (χ1) is 10.9. The van der Waals surface area contributed by atoms with Gasteiger partial charge in [-0.2, -0.15) is 0 Å². The van der Waals surface area contributed by atoms with E-state index in [-0.39, 0.29) is 5.75 Å². The van der Waals surface area contributed by atoms with E-state index in [1.807, 2.05) is 0 Å². The van der Waals surface area contributed by atoms with Crippen LogP contribution in [0.2, 0.25) is 0 Å². The zero-order chi connectivity index (χ0) is 16.4. The summed E-state index contributed by atoms with van der Waals surface area (Å²) in [5.74, 6) is 0.204. The van der Waals surface area contributed by atoms with Crippen molar-refractivity contribution in [2.75, 3.05) is 23.7 Å². The van der Waals surface area contributed by atoms with Crippen LogP contribution in [0, 0.1) is 0 Å². The van der Waals surface area contributed by atoms with Crippen LogP contribution in [-0.4, -0.2) is 37.6 Å². The van der Waals surface area contributed by atoms with Crippen molar-refractivity contribution >= 4 is 32.6 Å². The topological polar surface area (TPSA) is 101 Å². The van der Waals surface area contributed by atoms with Crippen LogP contribution in [0.4, 0.5) is 11.6 Å². The number of sulfonamides is 1. The molecule has 1 N–H and O–H groups in total. The molecular weight excluding hydrogens is 318 g/mol. The fourth-order valence-corrected chi connectivity index (χ4v) is 3.15. The standard InChI is InChI=1S/C14H15N5O3S/c1-19(2)14-15-7-10(8-16-14)18-23(20,21)9-12-11-5-3-4-6-13(11)22-17-12/h3-8,18H,9H2,1-2H3. The quantitative estimate of drug-likeness (QED) is 0.757. The van der Waals surface area contributed by atoms with Crippen LogP contribution in [0.25, 0.3) is 11.0 Å². The summed E-state index contributed by atoms with van der Waals surface area (Å²) in [5, 5.41) is 4.51. The van der Waals surface area contributed by atoms with E-state index in [1.165, 1.54) is 12.4 Å². The second-order valence-corrected chi connectivity index (χ2v) is 6.88. The normalized spacial score (nSPS) is 11.6. The maximum Gasteiger partial charge on any atom is 0.238 e.